The molecule has 0 aliphatic carbocycles. The highest BCUT2D eigenvalue weighted by molar-refractivity contribution is 5.90. The predicted octanol–water partition coefficient (Wildman–Crippen LogP) is 1.92. The van der Waals surface area contributed by atoms with Crippen molar-refractivity contribution in [3.8, 4) is 0 Å². The van der Waals surface area contributed by atoms with Crippen LogP contribution in [0, 0.1) is 5.82 Å². The summed E-state index contributed by atoms with van der Waals surface area (Å²) in [5.74, 6) is -0.00456. The molecule has 1 atom stereocenters. The Bertz CT molecular complexity index is 576. The highest BCUT2D eigenvalue weighted by Gasteiger charge is 2.14. The van der Waals surface area contributed by atoms with Crippen molar-refractivity contribution in [2.45, 2.75) is 25.8 Å². The average molecular weight is 264 g/mol. The lowest BCUT2D eigenvalue weighted by atomic mass is 10.1. The minimum atomic E-state index is -0.409. The number of anilines is 2. The topological polar surface area (TPSA) is 84.1 Å². The van der Waals surface area contributed by atoms with Crippen LogP contribution < -0.4 is 11.1 Å². The summed E-state index contributed by atoms with van der Waals surface area (Å²) < 4.78 is 13.9. The highest BCUT2D eigenvalue weighted by Crippen LogP contribution is 2.25. The molecule has 0 unspecified atom stereocenters. The van der Waals surface area contributed by atoms with Crippen molar-refractivity contribution in [3.63, 3.8) is 0 Å². The average Bonchev–Trinajstić information content (AvgIpc) is 2.37. The Balaban J connectivity index is 2.46. The van der Waals surface area contributed by atoms with Crippen molar-refractivity contribution in [2.24, 2.45) is 0 Å². The number of hydrogen-bond donors (Lipinski definition) is 3. The predicted molar refractivity (Wildman–Crippen MR) is 73.3 cm³/mol. The molecule has 5 nitrogen and oxygen atoms in total. The fourth-order valence-corrected chi connectivity index (χ4v) is 2.01. The van der Waals surface area contributed by atoms with Gasteiger partial charge in [0, 0.05) is 0 Å². The Morgan fingerprint density at radius 3 is 2.89 bits per heavy atom. The van der Waals surface area contributed by atoms with E-state index in [9.17, 15) is 9.50 Å². The third kappa shape index (κ3) is 2.90. The number of benzene rings is 1. The van der Waals surface area contributed by atoms with E-state index in [0.717, 1.165) is 12.8 Å². The molecular formula is C13H17FN4O. The van der Waals surface area contributed by atoms with Crippen LogP contribution in [0.3, 0.4) is 0 Å². The molecular weight excluding hydrogens is 247 g/mol. The number of nitrogens with one attached hydrogen (secondary N) is 1. The number of aromatic nitrogens is 2. The van der Waals surface area contributed by atoms with Gasteiger partial charge in [-0.05, 0) is 18.6 Å². The van der Waals surface area contributed by atoms with E-state index in [0.29, 0.717) is 16.7 Å². The van der Waals surface area contributed by atoms with Gasteiger partial charge >= 0.3 is 0 Å². The maximum absolute atomic E-state index is 13.9. The maximum atomic E-state index is 13.9. The lowest BCUT2D eigenvalue weighted by molar-refractivity contribution is 0.268. The van der Waals surface area contributed by atoms with Crippen LogP contribution >= 0.6 is 0 Å². The first-order valence-electron chi connectivity index (χ1n) is 6.24. The number of halogens is 1. The molecule has 0 bridgehead atoms. The molecule has 1 heterocycles. The summed E-state index contributed by atoms with van der Waals surface area (Å²) in [7, 11) is 0. The zero-order valence-corrected chi connectivity index (χ0v) is 10.7. The first-order chi connectivity index (χ1) is 9.15. The van der Waals surface area contributed by atoms with Crippen LogP contribution in [0.2, 0.25) is 0 Å². The zero-order valence-electron chi connectivity index (χ0n) is 10.7. The quantitative estimate of drug-likeness (QED) is 0.768. The molecule has 0 saturated heterocycles. The summed E-state index contributed by atoms with van der Waals surface area (Å²) in [6.45, 7) is 1.96. The lowest BCUT2D eigenvalue weighted by Crippen LogP contribution is -2.24. The maximum Gasteiger partial charge on any atom is 0.222 e. The largest absolute Gasteiger partial charge is 0.394 e. The van der Waals surface area contributed by atoms with Crippen LogP contribution in [0.4, 0.5) is 16.2 Å². The Kier molecular flexibility index (Phi) is 4.11. The van der Waals surface area contributed by atoms with Gasteiger partial charge in [-0.3, -0.25) is 0 Å². The van der Waals surface area contributed by atoms with Crippen molar-refractivity contribution in [2.75, 3.05) is 17.7 Å². The summed E-state index contributed by atoms with van der Waals surface area (Å²) in [5, 5.41) is 12.6. The van der Waals surface area contributed by atoms with Gasteiger partial charge in [-0.2, -0.15) is 4.98 Å². The number of nitrogens with two attached hydrogens (primary N) is 1. The number of fused-ring (bicyclic) bond motifs is 1. The molecule has 0 radical (unpaired) electrons. The Labute approximate surface area is 110 Å². The Morgan fingerprint density at radius 1 is 1.42 bits per heavy atom. The molecule has 1 aromatic carbocycles. The Hall–Kier alpha value is -1.95. The van der Waals surface area contributed by atoms with E-state index >= 15 is 0 Å². The fraction of sp³-hybridized carbons (Fsp3) is 0.385. The first kappa shape index (κ1) is 13.5. The van der Waals surface area contributed by atoms with Crippen LogP contribution in [0.25, 0.3) is 10.9 Å². The monoisotopic (exact) mass is 264 g/mol. The SMILES string of the molecule is CCC[C@@H](CO)Nc1nc(N)nc2cccc(F)c12. The van der Waals surface area contributed by atoms with Crippen LogP contribution in [-0.2, 0) is 0 Å². The number of rotatable bonds is 5. The van der Waals surface area contributed by atoms with Gasteiger partial charge in [0.25, 0.3) is 0 Å². The normalized spacial score (nSPS) is 12.6. The van der Waals surface area contributed by atoms with Crippen molar-refractivity contribution >= 4 is 22.7 Å². The molecule has 0 saturated carbocycles. The lowest BCUT2D eigenvalue weighted by Gasteiger charge is -2.17. The van der Waals surface area contributed by atoms with E-state index in [1.807, 2.05) is 6.92 Å². The van der Waals surface area contributed by atoms with Gasteiger partial charge in [0.05, 0.1) is 23.6 Å². The third-order valence-corrected chi connectivity index (χ3v) is 2.89. The fourth-order valence-electron chi connectivity index (χ4n) is 2.01. The van der Waals surface area contributed by atoms with E-state index in [2.05, 4.69) is 15.3 Å². The molecule has 102 valence electrons. The second-order valence-electron chi connectivity index (χ2n) is 4.38. The van der Waals surface area contributed by atoms with Gasteiger partial charge in [-0.1, -0.05) is 19.4 Å². The third-order valence-electron chi connectivity index (χ3n) is 2.89. The van der Waals surface area contributed by atoms with Crippen LogP contribution in [0.5, 0.6) is 0 Å². The molecule has 2 rings (SSSR count). The number of aliphatic hydroxyl groups excluding tert-OH is 1. The molecule has 4 N–H and O–H groups in total. The van der Waals surface area contributed by atoms with Crippen molar-refractivity contribution < 1.29 is 9.50 Å². The second-order valence-corrected chi connectivity index (χ2v) is 4.38. The molecule has 1 aromatic heterocycles. The molecule has 0 spiro atoms. The van der Waals surface area contributed by atoms with Crippen molar-refractivity contribution in [3.05, 3.63) is 24.0 Å². The molecule has 0 aliphatic rings. The molecule has 2 aromatic rings. The van der Waals surface area contributed by atoms with Gasteiger partial charge in [-0.25, -0.2) is 9.37 Å². The summed E-state index contributed by atoms with van der Waals surface area (Å²) in [5.41, 5.74) is 6.07. The minimum absolute atomic E-state index is 0.0479. The number of nitrogen functional groups attached to an aromatic ring is 1. The molecule has 6 heteroatoms. The van der Waals surface area contributed by atoms with E-state index in [4.69, 9.17) is 5.73 Å². The number of aliphatic hydroxyl groups is 1. The van der Waals surface area contributed by atoms with Crippen molar-refractivity contribution in [1.29, 1.82) is 0 Å². The van der Waals surface area contributed by atoms with Gasteiger partial charge in [0.15, 0.2) is 0 Å². The summed E-state index contributed by atoms with van der Waals surface area (Å²) >= 11 is 0. The molecule has 0 fully saturated rings. The van der Waals surface area contributed by atoms with E-state index in [1.165, 1.54) is 6.07 Å². The number of nitrogens with zero attached hydrogens (tertiary/aromatic N) is 2. The molecule has 0 aliphatic heterocycles. The van der Waals surface area contributed by atoms with E-state index in [-0.39, 0.29) is 18.6 Å². The van der Waals surface area contributed by atoms with Gasteiger partial charge in [0.2, 0.25) is 5.95 Å². The summed E-state index contributed by atoms with van der Waals surface area (Å²) in [6, 6.07) is 4.42. The van der Waals surface area contributed by atoms with Crippen LogP contribution in [0.15, 0.2) is 18.2 Å². The van der Waals surface area contributed by atoms with Crippen molar-refractivity contribution in [1.82, 2.24) is 9.97 Å². The molecule has 0 amide bonds. The smallest absolute Gasteiger partial charge is 0.222 e. The zero-order chi connectivity index (χ0) is 13.8. The first-order valence-corrected chi connectivity index (χ1v) is 6.24. The number of hydrogen-bond acceptors (Lipinski definition) is 5. The van der Waals surface area contributed by atoms with E-state index < -0.39 is 5.82 Å². The second kappa shape index (κ2) is 5.79. The van der Waals surface area contributed by atoms with Crippen LogP contribution in [-0.4, -0.2) is 27.7 Å². The van der Waals surface area contributed by atoms with Gasteiger partial charge in [0.1, 0.15) is 11.6 Å². The van der Waals surface area contributed by atoms with Crippen LogP contribution in [0.1, 0.15) is 19.8 Å². The van der Waals surface area contributed by atoms with Gasteiger partial charge in [-0.15, -0.1) is 0 Å². The van der Waals surface area contributed by atoms with Gasteiger partial charge < -0.3 is 16.2 Å². The van der Waals surface area contributed by atoms with E-state index in [1.54, 1.807) is 12.1 Å². The minimum Gasteiger partial charge on any atom is -0.394 e. The standard InChI is InChI=1S/C13H17FN4O/c1-2-4-8(7-19)16-12-11-9(14)5-3-6-10(11)17-13(15)18-12/h3,5-6,8,19H,2,4,7H2,1H3,(H3,15,16,17,18)/t8-/m0/s1. The summed E-state index contributed by atoms with van der Waals surface area (Å²) in [4.78, 5) is 8.04. The summed E-state index contributed by atoms with van der Waals surface area (Å²) in [6.07, 6.45) is 1.66. The Morgan fingerprint density at radius 2 is 2.21 bits per heavy atom. The highest BCUT2D eigenvalue weighted by atomic mass is 19.1. The molecule has 19 heavy (non-hydrogen) atoms.